The van der Waals surface area contributed by atoms with E-state index in [0.717, 1.165) is 0 Å². The fourth-order valence-electron chi connectivity index (χ4n) is 1.63. The predicted octanol–water partition coefficient (Wildman–Crippen LogP) is 3.17. The van der Waals surface area contributed by atoms with Crippen LogP contribution in [0, 0.1) is 10.1 Å². The average molecular weight is 272 g/mol. The lowest BCUT2D eigenvalue weighted by Crippen LogP contribution is -1.95. The summed E-state index contributed by atoms with van der Waals surface area (Å²) in [7, 11) is 0. The van der Waals surface area contributed by atoms with Crippen molar-refractivity contribution in [1.29, 1.82) is 0 Å². The molecule has 0 radical (unpaired) electrons. The number of hydrogen-bond acceptors (Lipinski definition) is 5. The first kappa shape index (κ1) is 13.5. The van der Waals surface area contributed by atoms with Crippen molar-refractivity contribution in [1.82, 2.24) is 0 Å². The smallest absolute Gasteiger partial charge is 0.271 e. The van der Waals surface area contributed by atoms with Crippen LogP contribution < -0.4 is 10.5 Å². The van der Waals surface area contributed by atoms with Gasteiger partial charge in [0.05, 0.1) is 10.6 Å². The molecule has 2 N–H and O–H groups in total. The lowest BCUT2D eigenvalue weighted by molar-refractivity contribution is -0.384. The molecular formula is C14H12N2O4. The van der Waals surface area contributed by atoms with E-state index in [1.807, 2.05) is 0 Å². The SMILES string of the molecule is CC(=O)c1ccc(Oc2ccc([N+](=O)[O-])cc2N)cc1. The third-order valence-electron chi connectivity index (χ3n) is 2.69. The Bertz CT molecular complexity index is 665. The molecule has 6 nitrogen and oxygen atoms in total. The van der Waals surface area contributed by atoms with E-state index in [2.05, 4.69) is 0 Å². The molecule has 0 heterocycles. The van der Waals surface area contributed by atoms with Gasteiger partial charge in [-0.25, -0.2) is 0 Å². The number of rotatable bonds is 4. The molecule has 0 saturated heterocycles. The molecule has 0 aromatic heterocycles. The van der Waals surface area contributed by atoms with Crippen LogP contribution in [0.15, 0.2) is 42.5 Å². The largest absolute Gasteiger partial charge is 0.455 e. The van der Waals surface area contributed by atoms with Crippen LogP contribution in [0.5, 0.6) is 11.5 Å². The highest BCUT2D eigenvalue weighted by Crippen LogP contribution is 2.30. The van der Waals surface area contributed by atoms with Crippen LogP contribution in [-0.2, 0) is 0 Å². The molecule has 2 rings (SSSR count). The summed E-state index contributed by atoms with van der Waals surface area (Å²) < 4.78 is 5.52. The number of Topliss-reactive ketones (excluding diaryl/α,β-unsaturated/α-hetero) is 1. The third-order valence-corrected chi connectivity index (χ3v) is 2.69. The molecule has 0 atom stereocenters. The number of nitro benzene ring substituents is 1. The molecule has 6 heteroatoms. The fraction of sp³-hybridized carbons (Fsp3) is 0.0714. The van der Waals surface area contributed by atoms with Crippen molar-refractivity contribution in [3.05, 3.63) is 58.1 Å². The highest BCUT2D eigenvalue weighted by atomic mass is 16.6. The Morgan fingerprint density at radius 3 is 2.35 bits per heavy atom. The van der Waals surface area contributed by atoms with E-state index in [-0.39, 0.29) is 17.2 Å². The van der Waals surface area contributed by atoms with Crippen LogP contribution in [0.25, 0.3) is 0 Å². The van der Waals surface area contributed by atoms with Crippen molar-refractivity contribution in [2.45, 2.75) is 6.92 Å². The summed E-state index contributed by atoms with van der Waals surface area (Å²) in [6, 6.07) is 10.5. The Morgan fingerprint density at radius 2 is 1.85 bits per heavy atom. The van der Waals surface area contributed by atoms with Crippen molar-refractivity contribution >= 4 is 17.2 Å². The van der Waals surface area contributed by atoms with Gasteiger partial charge in [-0.3, -0.25) is 14.9 Å². The van der Waals surface area contributed by atoms with Gasteiger partial charge in [0.2, 0.25) is 0 Å². The summed E-state index contributed by atoms with van der Waals surface area (Å²) in [6.07, 6.45) is 0. The van der Waals surface area contributed by atoms with E-state index in [1.54, 1.807) is 24.3 Å². The van der Waals surface area contributed by atoms with Crippen molar-refractivity contribution in [3.8, 4) is 11.5 Å². The lowest BCUT2D eigenvalue weighted by atomic mass is 10.1. The van der Waals surface area contributed by atoms with E-state index in [9.17, 15) is 14.9 Å². The summed E-state index contributed by atoms with van der Waals surface area (Å²) in [4.78, 5) is 21.2. The van der Waals surface area contributed by atoms with Gasteiger partial charge in [0.15, 0.2) is 11.5 Å². The molecule has 20 heavy (non-hydrogen) atoms. The van der Waals surface area contributed by atoms with Gasteiger partial charge in [0.1, 0.15) is 5.75 Å². The standard InChI is InChI=1S/C14H12N2O4/c1-9(17)10-2-5-12(6-3-10)20-14-7-4-11(16(18)19)8-13(14)15/h2-8H,15H2,1H3. The van der Waals surface area contributed by atoms with Gasteiger partial charge in [0, 0.05) is 17.7 Å². The van der Waals surface area contributed by atoms with E-state index >= 15 is 0 Å². The highest BCUT2D eigenvalue weighted by molar-refractivity contribution is 5.94. The molecule has 0 saturated carbocycles. The lowest BCUT2D eigenvalue weighted by Gasteiger charge is -2.08. The Hall–Kier alpha value is -2.89. The number of ether oxygens (including phenoxy) is 1. The first-order valence-corrected chi connectivity index (χ1v) is 5.80. The normalized spacial score (nSPS) is 10.1. The maximum absolute atomic E-state index is 11.1. The second kappa shape index (κ2) is 5.40. The summed E-state index contributed by atoms with van der Waals surface area (Å²) in [5.41, 5.74) is 6.36. The number of nitrogens with two attached hydrogens (primary N) is 1. The number of non-ortho nitro benzene ring substituents is 1. The maximum Gasteiger partial charge on any atom is 0.271 e. The van der Waals surface area contributed by atoms with Crippen LogP contribution in [0.2, 0.25) is 0 Å². The number of nitrogen functional groups attached to an aromatic ring is 1. The predicted molar refractivity (Wildman–Crippen MR) is 74.0 cm³/mol. The van der Waals surface area contributed by atoms with Crippen molar-refractivity contribution < 1.29 is 14.5 Å². The first-order chi connectivity index (χ1) is 9.47. The Kier molecular flexibility index (Phi) is 3.65. The molecule has 0 spiro atoms. The highest BCUT2D eigenvalue weighted by Gasteiger charge is 2.10. The van der Waals surface area contributed by atoms with Crippen LogP contribution in [0.3, 0.4) is 0 Å². The second-order valence-electron chi connectivity index (χ2n) is 4.16. The van der Waals surface area contributed by atoms with Crippen molar-refractivity contribution in [2.75, 3.05) is 5.73 Å². The minimum Gasteiger partial charge on any atom is -0.455 e. The minimum absolute atomic E-state index is 0.0357. The minimum atomic E-state index is -0.526. The van der Waals surface area contributed by atoms with Crippen LogP contribution in [0.1, 0.15) is 17.3 Å². The number of benzene rings is 2. The molecule has 0 unspecified atom stereocenters. The fourth-order valence-corrected chi connectivity index (χ4v) is 1.63. The Labute approximate surface area is 114 Å². The van der Waals surface area contributed by atoms with Crippen LogP contribution >= 0.6 is 0 Å². The number of carbonyl (C=O) groups is 1. The van der Waals surface area contributed by atoms with E-state index < -0.39 is 4.92 Å². The molecule has 102 valence electrons. The summed E-state index contributed by atoms with van der Waals surface area (Å²) in [5, 5.41) is 10.6. The van der Waals surface area contributed by atoms with Crippen molar-refractivity contribution in [2.24, 2.45) is 0 Å². The van der Waals surface area contributed by atoms with Crippen LogP contribution in [-0.4, -0.2) is 10.7 Å². The number of ketones is 1. The number of nitrogens with zero attached hydrogens (tertiary/aromatic N) is 1. The average Bonchev–Trinajstić information content (AvgIpc) is 2.41. The molecule has 0 amide bonds. The Morgan fingerprint density at radius 1 is 1.20 bits per heavy atom. The van der Waals surface area contributed by atoms with E-state index in [4.69, 9.17) is 10.5 Å². The number of nitro groups is 1. The first-order valence-electron chi connectivity index (χ1n) is 5.80. The van der Waals surface area contributed by atoms with Gasteiger partial charge < -0.3 is 10.5 Å². The second-order valence-corrected chi connectivity index (χ2v) is 4.16. The number of hydrogen-bond donors (Lipinski definition) is 1. The molecule has 0 aliphatic carbocycles. The third kappa shape index (κ3) is 2.92. The quantitative estimate of drug-likeness (QED) is 0.399. The van der Waals surface area contributed by atoms with E-state index in [1.165, 1.54) is 25.1 Å². The molecule has 0 bridgehead atoms. The zero-order chi connectivity index (χ0) is 14.7. The van der Waals surface area contributed by atoms with Crippen LogP contribution in [0.4, 0.5) is 11.4 Å². The van der Waals surface area contributed by atoms with E-state index in [0.29, 0.717) is 17.1 Å². The van der Waals surface area contributed by atoms with Crippen molar-refractivity contribution in [3.63, 3.8) is 0 Å². The molecule has 0 aliphatic heterocycles. The van der Waals surface area contributed by atoms with Gasteiger partial charge in [0.25, 0.3) is 5.69 Å². The number of carbonyl (C=O) groups excluding carboxylic acids is 1. The van der Waals surface area contributed by atoms with Gasteiger partial charge in [-0.2, -0.15) is 0 Å². The molecule has 0 aliphatic rings. The van der Waals surface area contributed by atoms with Gasteiger partial charge >= 0.3 is 0 Å². The molecule has 2 aromatic rings. The summed E-state index contributed by atoms with van der Waals surface area (Å²) in [6.45, 7) is 1.48. The maximum atomic E-state index is 11.1. The van der Waals surface area contributed by atoms with Gasteiger partial charge in [-0.05, 0) is 37.3 Å². The zero-order valence-corrected chi connectivity index (χ0v) is 10.7. The van der Waals surface area contributed by atoms with Gasteiger partial charge in [-0.15, -0.1) is 0 Å². The summed E-state index contributed by atoms with van der Waals surface area (Å²) >= 11 is 0. The van der Waals surface area contributed by atoms with Gasteiger partial charge in [-0.1, -0.05) is 0 Å². The zero-order valence-electron chi connectivity index (χ0n) is 10.7. The summed E-state index contributed by atoms with van der Waals surface area (Å²) in [5.74, 6) is 0.785. The Balaban J connectivity index is 2.21. The number of anilines is 1. The molecule has 0 fully saturated rings. The molecular weight excluding hydrogens is 260 g/mol. The molecule has 2 aromatic carbocycles. The monoisotopic (exact) mass is 272 g/mol. The topological polar surface area (TPSA) is 95.5 Å².